The van der Waals surface area contributed by atoms with Gasteiger partial charge in [0.25, 0.3) is 0 Å². The largest absolute Gasteiger partial charge is 0.493 e. The number of carbonyl (C=O) groups is 2. The number of imide groups is 1. The fourth-order valence-electron chi connectivity index (χ4n) is 3.14. The smallest absolute Gasteiger partial charge is 0.324 e. The van der Waals surface area contributed by atoms with E-state index in [-0.39, 0.29) is 24.5 Å². The molecule has 8 heteroatoms. The third-order valence-electron chi connectivity index (χ3n) is 5.07. The van der Waals surface area contributed by atoms with Crippen molar-refractivity contribution in [2.24, 2.45) is 5.92 Å². The molecule has 1 saturated carbocycles. The Labute approximate surface area is 166 Å². The molecular weight excluding hydrogens is 358 g/mol. The number of hydrazine groups is 1. The second kappa shape index (κ2) is 10.4. The zero-order chi connectivity index (χ0) is 19.8. The van der Waals surface area contributed by atoms with Crippen molar-refractivity contribution in [3.05, 3.63) is 24.0 Å². The molecule has 0 bridgehead atoms. The summed E-state index contributed by atoms with van der Waals surface area (Å²) >= 11 is 0. The SMILES string of the molecule is CCC(NNCCCCCN1CC(=O)NC1=O)c1cc(OCC2CC2)ccn1. The summed E-state index contributed by atoms with van der Waals surface area (Å²) in [6.07, 6.45) is 8.17. The third-order valence-corrected chi connectivity index (χ3v) is 5.07. The van der Waals surface area contributed by atoms with Crippen molar-refractivity contribution in [2.45, 2.75) is 51.5 Å². The molecule has 0 spiro atoms. The molecule has 0 aromatic carbocycles. The number of urea groups is 1. The van der Waals surface area contributed by atoms with Gasteiger partial charge in [0.15, 0.2) is 0 Å². The number of amides is 3. The Bertz CT molecular complexity index is 665. The van der Waals surface area contributed by atoms with Crippen LogP contribution in [0.25, 0.3) is 0 Å². The van der Waals surface area contributed by atoms with Gasteiger partial charge in [-0.1, -0.05) is 13.3 Å². The van der Waals surface area contributed by atoms with E-state index in [9.17, 15) is 9.59 Å². The zero-order valence-corrected chi connectivity index (χ0v) is 16.6. The Balaban J connectivity index is 1.30. The summed E-state index contributed by atoms with van der Waals surface area (Å²) in [5.74, 6) is 1.41. The summed E-state index contributed by atoms with van der Waals surface area (Å²) in [7, 11) is 0. The van der Waals surface area contributed by atoms with Crippen molar-refractivity contribution in [3.63, 3.8) is 0 Å². The first-order valence-corrected chi connectivity index (χ1v) is 10.3. The van der Waals surface area contributed by atoms with E-state index in [4.69, 9.17) is 4.74 Å². The predicted molar refractivity (Wildman–Crippen MR) is 106 cm³/mol. The van der Waals surface area contributed by atoms with Gasteiger partial charge in [-0.05, 0) is 44.1 Å². The molecule has 154 valence electrons. The van der Waals surface area contributed by atoms with Gasteiger partial charge in [0, 0.05) is 25.4 Å². The number of nitrogens with one attached hydrogen (secondary N) is 3. The molecule has 1 aliphatic carbocycles. The Morgan fingerprint density at radius 1 is 1.32 bits per heavy atom. The van der Waals surface area contributed by atoms with E-state index in [1.165, 1.54) is 12.8 Å². The maximum absolute atomic E-state index is 11.5. The molecule has 1 aliphatic heterocycles. The fourth-order valence-corrected chi connectivity index (χ4v) is 3.14. The normalized spacial score (nSPS) is 17.7. The lowest BCUT2D eigenvalue weighted by atomic mass is 10.1. The molecule has 28 heavy (non-hydrogen) atoms. The Morgan fingerprint density at radius 3 is 2.89 bits per heavy atom. The lowest BCUT2D eigenvalue weighted by Gasteiger charge is -2.18. The number of hydrogen-bond acceptors (Lipinski definition) is 6. The Morgan fingerprint density at radius 2 is 2.18 bits per heavy atom. The maximum atomic E-state index is 11.5. The number of unbranched alkanes of at least 4 members (excludes halogenated alkanes) is 2. The third kappa shape index (κ3) is 6.45. The van der Waals surface area contributed by atoms with Crippen LogP contribution in [-0.4, -0.2) is 48.1 Å². The van der Waals surface area contributed by atoms with Crippen LogP contribution in [0.15, 0.2) is 18.3 Å². The molecule has 2 aliphatic rings. The van der Waals surface area contributed by atoms with E-state index in [0.29, 0.717) is 6.54 Å². The number of pyridine rings is 1. The second-order valence-corrected chi connectivity index (χ2v) is 7.54. The first-order chi connectivity index (χ1) is 13.7. The van der Waals surface area contributed by atoms with Crippen LogP contribution in [-0.2, 0) is 4.79 Å². The van der Waals surface area contributed by atoms with Crippen molar-refractivity contribution in [1.82, 2.24) is 26.1 Å². The molecule has 3 N–H and O–H groups in total. The molecule has 3 rings (SSSR count). The van der Waals surface area contributed by atoms with Gasteiger partial charge in [0.05, 0.1) is 18.3 Å². The van der Waals surface area contributed by atoms with Crippen LogP contribution < -0.4 is 20.9 Å². The van der Waals surface area contributed by atoms with Crippen molar-refractivity contribution >= 4 is 11.9 Å². The lowest BCUT2D eigenvalue weighted by molar-refractivity contribution is -0.118. The molecule has 1 unspecified atom stereocenters. The quantitative estimate of drug-likeness (QED) is 0.272. The molecule has 2 heterocycles. The van der Waals surface area contributed by atoms with Crippen molar-refractivity contribution in [2.75, 3.05) is 26.2 Å². The van der Waals surface area contributed by atoms with Gasteiger partial charge < -0.3 is 9.64 Å². The van der Waals surface area contributed by atoms with Crippen molar-refractivity contribution in [1.29, 1.82) is 0 Å². The summed E-state index contributed by atoms with van der Waals surface area (Å²) < 4.78 is 5.85. The summed E-state index contributed by atoms with van der Waals surface area (Å²) in [5, 5.41) is 2.29. The maximum Gasteiger partial charge on any atom is 0.324 e. The molecule has 0 radical (unpaired) electrons. The van der Waals surface area contributed by atoms with Gasteiger partial charge in [0.1, 0.15) is 12.3 Å². The van der Waals surface area contributed by atoms with Gasteiger partial charge in [-0.2, -0.15) is 0 Å². The van der Waals surface area contributed by atoms with Crippen molar-refractivity contribution < 1.29 is 14.3 Å². The lowest BCUT2D eigenvalue weighted by Crippen LogP contribution is -2.36. The van der Waals surface area contributed by atoms with Gasteiger partial charge in [-0.15, -0.1) is 0 Å². The number of aromatic nitrogens is 1. The summed E-state index contributed by atoms with van der Waals surface area (Å²) in [6, 6.07) is 3.80. The fraction of sp³-hybridized carbons (Fsp3) is 0.650. The Hall–Kier alpha value is -2.19. The van der Waals surface area contributed by atoms with E-state index < -0.39 is 0 Å². The van der Waals surface area contributed by atoms with Gasteiger partial charge in [-0.3, -0.25) is 20.5 Å². The average molecular weight is 390 g/mol. The van der Waals surface area contributed by atoms with Gasteiger partial charge in [-0.25, -0.2) is 10.2 Å². The first kappa shape index (κ1) is 20.5. The molecule has 1 aromatic rings. The number of rotatable bonds is 13. The molecule has 2 fully saturated rings. The number of hydrogen-bond donors (Lipinski definition) is 3. The molecule has 8 nitrogen and oxygen atoms in total. The standard InChI is InChI=1S/C20H31N5O3/c1-2-17(18-12-16(8-10-21-18)28-14-15-6-7-15)24-22-9-4-3-5-11-25-13-19(26)23-20(25)27/h8,10,12,15,17,22,24H,2-7,9,11,13-14H2,1H3,(H,23,26,27). The van der Waals surface area contributed by atoms with E-state index in [1.807, 2.05) is 12.1 Å². The first-order valence-electron chi connectivity index (χ1n) is 10.3. The zero-order valence-electron chi connectivity index (χ0n) is 16.6. The monoisotopic (exact) mass is 389 g/mol. The minimum atomic E-state index is -0.272. The molecule has 1 saturated heterocycles. The van der Waals surface area contributed by atoms with E-state index in [1.54, 1.807) is 11.1 Å². The molecular formula is C20H31N5O3. The number of nitrogens with zero attached hydrogens (tertiary/aromatic N) is 2. The topological polar surface area (TPSA) is 95.6 Å². The summed E-state index contributed by atoms with van der Waals surface area (Å²) in [4.78, 5) is 28.6. The summed E-state index contributed by atoms with van der Waals surface area (Å²) in [6.45, 7) is 4.58. The highest BCUT2D eigenvalue weighted by Gasteiger charge is 2.25. The van der Waals surface area contributed by atoms with Crippen LogP contribution in [0.2, 0.25) is 0 Å². The van der Waals surface area contributed by atoms with Crippen LogP contribution >= 0.6 is 0 Å². The minimum absolute atomic E-state index is 0.129. The van der Waals surface area contributed by atoms with E-state index in [2.05, 4.69) is 28.1 Å². The van der Waals surface area contributed by atoms with Crippen molar-refractivity contribution in [3.8, 4) is 5.75 Å². The van der Waals surface area contributed by atoms with Crippen LogP contribution in [0.1, 0.15) is 57.2 Å². The van der Waals surface area contributed by atoms with E-state index >= 15 is 0 Å². The second-order valence-electron chi connectivity index (χ2n) is 7.54. The van der Waals surface area contributed by atoms with E-state index in [0.717, 1.165) is 56.2 Å². The highest BCUT2D eigenvalue weighted by atomic mass is 16.5. The molecule has 3 amide bonds. The highest BCUT2D eigenvalue weighted by Crippen LogP contribution is 2.29. The van der Waals surface area contributed by atoms with Gasteiger partial charge in [0.2, 0.25) is 5.91 Å². The molecule has 1 aromatic heterocycles. The van der Waals surface area contributed by atoms with Gasteiger partial charge >= 0.3 is 6.03 Å². The van der Waals surface area contributed by atoms with Crippen LogP contribution in [0.5, 0.6) is 5.75 Å². The van der Waals surface area contributed by atoms with Crippen LogP contribution in [0.4, 0.5) is 4.79 Å². The Kier molecular flexibility index (Phi) is 7.62. The number of ether oxygens (including phenoxy) is 1. The van der Waals surface area contributed by atoms with Crippen LogP contribution in [0, 0.1) is 5.92 Å². The minimum Gasteiger partial charge on any atom is -0.493 e. The average Bonchev–Trinajstić information content (AvgIpc) is 3.46. The number of carbonyl (C=O) groups excluding carboxylic acids is 2. The predicted octanol–water partition coefficient (Wildman–Crippen LogP) is 2.14. The molecule has 1 atom stereocenters. The van der Waals surface area contributed by atoms with Crippen LogP contribution in [0.3, 0.4) is 0 Å². The summed E-state index contributed by atoms with van der Waals surface area (Å²) in [5.41, 5.74) is 7.61. The highest BCUT2D eigenvalue weighted by molar-refractivity contribution is 6.01.